The maximum absolute atomic E-state index is 11.6. The maximum atomic E-state index is 11.6. The molecular weight excluding hydrogens is 188 g/mol. The van der Waals surface area contributed by atoms with Gasteiger partial charge in [-0.15, -0.1) is 0 Å². The van der Waals surface area contributed by atoms with Gasteiger partial charge in [0.05, 0.1) is 0 Å². The molecule has 0 radical (unpaired) electrons. The van der Waals surface area contributed by atoms with Gasteiger partial charge in [0.2, 0.25) is 5.91 Å². The van der Waals surface area contributed by atoms with Crippen LogP contribution >= 0.6 is 0 Å². The maximum Gasteiger partial charge on any atom is 0.221 e. The third-order valence-corrected chi connectivity index (χ3v) is 3.18. The lowest BCUT2D eigenvalue weighted by Crippen LogP contribution is -2.47. The molecule has 3 heteroatoms. The lowest BCUT2D eigenvalue weighted by Gasteiger charge is -2.34. The molecule has 1 amide bonds. The summed E-state index contributed by atoms with van der Waals surface area (Å²) in [5.74, 6) is 0.195. The van der Waals surface area contributed by atoms with Crippen LogP contribution in [-0.2, 0) is 4.79 Å². The Hall–Kier alpha value is -0.570. The van der Waals surface area contributed by atoms with Crippen LogP contribution in [0.4, 0.5) is 0 Å². The number of hydrogen-bond acceptors (Lipinski definition) is 2. The first kappa shape index (κ1) is 12.5. The highest BCUT2D eigenvalue weighted by Crippen LogP contribution is 2.27. The SMILES string of the molecule is CCNCCC(=O)NC1(C)CCCCC1. The Morgan fingerprint density at radius 1 is 1.27 bits per heavy atom. The van der Waals surface area contributed by atoms with Gasteiger partial charge in [0, 0.05) is 18.5 Å². The summed E-state index contributed by atoms with van der Waals surface area (Å²) in [4.78, 5) is 11.6. The van der Waals surface area contributed by atoms with E-state index < -0.39 is 0 Å². The van der Waals surface area contributed by atoms with Crippen molar-refractivity contribution in [1.82, 2.24) is 10.6 Å². The average molecular weight is 212 g/mol. The van der Waals surface area contributed by atoms with Crippen molar-refractivity contribution in [3.05, 3.63) is 0 Å². The molecule has 0 atom stereocenters. The van der Waals surface area contributed by atoms with Crippen molar-refractivity contribution in [3.63, 3.8) is 0 Å². The van der Waals surface area contributed by atoms with E-state index in [1.165, 1.54) is 19.3 Å². The Kier molecular flexibility index (Phi) is 5.09. The first-order valence-corrected chi connectivity index (χ1v) is 6.18. The molecule has 0 aromatic heterocycles. The number of rotatable bonds is 5. The summed E-state index contributed by atoms with van der Waals surface area (Å²) in [6, 6.07) is 0. The predicted molar refractivity (Wildman–Crippen MR) is 62.8 cm³/mol. The highest BCUT2D eigenvalue weighted by molar-refractivity contribution is 5.76. The zero-order chi connectivity index (χ0) is 11.1. The van der Waals surface area contributed by atoms with Crippen LogP contribution in [0.1, 0.15) is 52.4 Å². The fourth-order valence-corrected chi connectivity index (χ4v) is 2.23. The molecule has 0 spiro atoms. The van der Waals surface area contributed by atoms with Crippen LogP contribution in [0.15, 0.2) is 0 Å². The van der Waals surface area contributed by atoms with Crippen molar-refractivity contribution in [1.29, 1.82) is 0 Å². The first-order chi connectivity index (χ1) is 7.16. The zero-order valence-corrected chi connectivity index (χ0v) is 10.1. The molecule has 1 aliphatic rings. The number of carbonyl (C=O) groups excluding carboxylic acids is 1. The Morgan fingerprint density at radius 3 is 2.53 bits per heavy atom. The highest BCUT2D eigenvalue weighted by Gasteiger charge is 2.27. The minimum absolute atomic E-state index is 0.0710. The van der Waals surface area contributed by atoms with E-state index >= 15 is 0 Å². The first-order valence-electron chi connectivity index (χ1n) is 6.18. The van der Waals surface area contributed by atoms with Gasteiger partial charge in [-0.25, -0.2) is 0 Å². The van der Waals surface area contributed by atoms with E-state index in [4.69, 9.17) is 0 Å². The van der Waals surface area contributed by atoms with Crippen LogP contribution < -0.4 is 10.6 Å². The monoisotopic (exact) mass is 212 g/mol. The summed E-state index contributed by atoms with van der Waals surface area (Å²) < 4.78 is 0. The molecule has 0 bridgehead atoms. The molecule has 88 valence electrons. The minimum Gasteiger partial charge on any atom is -0.351 e. The predicted octanol–water partition coefficient (Wildman–Crippen LogP) is 1.82. The van der Waals surface area contributed by atoms with Crippen molar-refractivity contribution >= 4 is 5.91 Å². The lowest BCUT2D eigenvalue weighted by atomic mass is 9.83. The van der Waals surface area contributed by atoms with Crippen LogP contribution in [-0.4, -0.2) is 24.5 Å². The van der Waals surface area contributed by atoms with E-state index in [0.29, 0.717) is 6.42 Å². The summed E-state index contributed by atoms with van der Waals surface area (Å²) in [5.41, 5.74) is 0.0710. The molecule has 3 nitrogen and oxygen atoms in total. The van der Waals surface area contributed by atoms with Gasteiger partial charge in [-0.2, -0.15) is 0 Å². The number of hydrogen-bond donors (Lipinski definition) is 2. The topological polar surface area (TPSA) is 41.1 Å². The Bertz CT molecular complexity index is 198. The zero-order valence-electron chi connectivity index (χ0n) is 10.1. The van der Waals surface area contributed by atoms with Crippen molar-refractivity contribution in [2.24, 2.45) is 0 Å². The average Bonchev–Trinajstić information content (AvgIpc) is 2.18. The normalized spacial score (nSPS) is 19.9. The third-order valence-electron chi connectivity index (χ3n) is 3.18. The molecule has 0 aromatic rings. The second-order valence-electron chi connectivity index (χ2n) is 4.77. The van der Waals surface area contributed by atoms with Gasteiger partial charge < -0.3 is 10.6 Å². The van der Waals surface area contributed by atoms with E-state index in [2.05, 4.69) is 24.5 Å². The summed E-state index contributed by atoms with van der Waals surface area (Å²) >= 11 is 0. The van der Waals surface area contributed by atoms with Crippen molar-refractivity contribution in [3.8, 4) is 0 Å². The smallest absolute Gasteiger partial charge is 0.221 e. The Balaban J connectivity index is 2.23. The van der Waals surface area contributed by atoms with Crippen LogP contribution in [0, 0.1) is 0 Å². The summed E-state index contributed by atoms with van der Waals surface area (Å²) in [7, 11) is 0. The molecule has 0 unspecified atom stereocenters. The molecular formula is C12H24N2O. The molecule has 1 aliphatic carbocycles. The second kappa shape index (κ2) is 6.11. The van der Waals surface area contributed by atoms with Gasteiger partial charge in [-0.05, 0) is 26.3 Å². The Labute approximate surface area is 93.0 Å². The van der Waals surface area contributed by atoms with Crippen LogP contribution in [0.5, 0.6) is 0 Å². The Morgan fingerprint density at radius 2 is 1.93 bits per heavy atom. The molecule has 1 fully saturated rings. The highest BCUT2D eigenvalue weighted by atomic mass is 16.1. The van der Waals surface area contributed by atoms with Crippen LogP contribution in [0.3, 0.4) is 0 Å². The van der Waals surface area contributed by atoms with E-state index in [1.54, 1.807) is 0 Å². The number of carbonyl (C=O) groups is 1. The van der Waals surface area contributed by atoms with Gasteiger partial charge in [0.15, 0.2) is 0 Å². The van der Waals surface area contributed by atoms with Gasteiger partial charge in [0.1, 0.15) is 0 Å². The summed E-state index contributed by atoms with van der Waals surface area (Å²) in [5, 5.41) is 6.34. The second-order valence-corrected chi connectivity index (χ2v) is 4.77. The van der Waals surface area contributed by atoms with Gasteiger partial charge in [-0.1, -0.05) is 26.2 Å². The fraction of sp³-hybridized carbons (Fsp3) is 0.917. The molecule has 1 saturated carbocycles. The van der Waals surface area contributed by atoms with Crippen molar-refractivity contribution < 1.29 is 4.79 Å². The van der Waals surface area contributed by atoms with Gasteiger partial charge in [0.25, 0.3) is 0 Å². The molecule has 0 saturated heterocycles. The van der Waals surface area contributed by atoms with Crippen molar-refractivity contribution in [2.75, 3.05) is 13.1 Å². The lowest BCUT2D eigenvalue weighted by molar-refractivity contribution is -0.123. The molecule has 0 aromatic carbocycles. The molecule has 2 N–H and O–H groups in total. The van der Waals surface area contributed by atoms with Crippen LogP contribution in [0.2, 0.25) is 0 Å². The minimum atomic E-state index is 0.0710. The summed E-state index contributed by atoms with van der Waals surface area (Å²) in [6.07, 6.45) is 6.71. The van der Waals surface area contributed by atoms with Gasteiger partial charge in [-0.3, -0.25) is 4.79 Å². The van der Waals surface area contributed by atoms with Crippen LogP contribution in [0.25, 0.3) is 0 Å². The van der Waals surface area contributed by atoms with E-state index in [1.807, 2.05) is 0 Å². The largest absolute Gasteiger partial charge is 0.351 e. The fourth-order valence-electron chi connectivity index (χ4n) is 2.23. The van der Waals surface area contributed by atoms with E-state index in [0.717, 1.165) is 25.9 Å². The molecule has 0 heterocycles. The molecule has 1 rings (SSSR count). The van der Waals surface area contributed by atoms with E-state index in [9.17, 15) is 4.79 Å². The number of nitrogens with one attached hydrogen (secondary N) is 2. The third kappa shape index (κ3) is 4.65. The summed E-state index contributed by atoms with van der Waals surface area (Å²) in [6.45, 7) is 5.96. The quantitative estimate of drug-likeness (QED) is 0.683. The number of amides is 1. The molecule has 0 aliphatic heterocycles. The van der Waals surface area contributed by atoms with E-state index in [-0.39, 0.29) is 11.4 Å². The van der Waals surface area contributed by atoms with Crippen molar-refractivity contribution in [2.45, 2.75) is 57.9 Å². The standard InChI is InChI=1S/C12H24N2O/c1-3-13-10-7-11(15)14-12(2)8-5-4-6-9-12/h13H,3-10H2,1-2H3,(H,14,15). The van der Waals surface area contributed by atoms with Gasteiger partial charge >= 0.3 is 0 Å². The molecule has 15 heavy (non-hydrogen) atoms.